The Balaban J connectivity index is 2.15. The fourth-order valence-corrected chi connectivity index (χ4v) is 2.33. The number of halogens is 2. The Kier molecular flexibility index (Phi) is 3.90. The first-order chi connectivity index (χ1) is 7.74. The molecule has 0 aliphatic carbocycles. The monoisotopic (exact) mass is 260 g/mol. The highest BCUT2D eigenvalue weighted by atomic mass is 35.5. The summed E-state index contributed by atoms with van der Waals surface area (Å²) >= 11 is 11.8. The van der Waals surface area contributed by atoms with Gasteiger partial charge in [0, 0.05) is 32.3 Å². The first-order valence-electron chi connectivity index (χ1n) is 5.22. The number of hydrogen-bond donors (Lipinski definition) is 0. The number of alkyl halides is 1. The van der Waals surface area contributed by atoms with Crippen molar-refractivity contribution in [3.63, 3.8) is 0 Å². The third-order valence-electron chi connectivity index (χ3n) is 2.87. The zero-order chi connectivity index (χ0) is 11.5. The molecule has 1 aliphatic rings. The van der Waals surface area contributed by atoms with E-state index in [-0.39, 0.29) is 0 Å². The van der Waals surface area contributed by atoms with Crippen LogP contribution in [0.5, 0.6) is 0 Å². The summed E-state index contributed by atoms with van der Waals surface area (Å²) in [5.74, 6) is 1.34. The minimum absolute atomic E-state index is 0.303. The molecule has 0 spiro atoms. The Bertz CT molecular complexity index is 373. The van der Waals surface area contributed by atoms with E-state index in [1.165, 1.54) is 0 Å². The Labute approximate surface area is 105 Å². The van der Waals surface area contributed by atoms with Crippen LogP contribution in [0.2, 0.25) is 5.02 Å². The van der Waals surface area contributed by atoms with Gasteiger partial charge in [0.25, 0.3) is 0 Å². The fourth-order valence-electron chi connectivity index (χ4n) is 1.87. The van der Waals surface area contributed by atoms with Gasteiger partial charge < -0.3 is 9.64 Å². The zero-order valence-corrected chi connectivity index (χ0v) is 10.6. The molecule has 1 fully saturated rings. The van der Waals surface area contributed by atoms with Gasteiger partial charge in [-0.05, 0) is 18.1 Å². The first-order valence-corrected chi connectivity index (χ1v) is 6.14. The number of anilines is 1. The minimum atomic E-state index is 0.303. The van der Waals surface area contributed by atoms with E-state index in [1.54, 1.807) is 13.3 Å². The smallest absolute Gasteiger partial charge is 0.128 e. The van der Waals surface area contributed by atoms with Crippen LogP contribution in [-0.2, 0) is 10.6 Å². The Morgan fingerprint density at radius 3 is 3.06 bits per heavy atom. The normalized spacial score (nSPS) is 20.4. The van der Waals surface area contributed by atoms with E-state index in [9.17, 15) is 0 Å². The van der Waals surface area contributed by atoms with Crippen molar-refractivity contribution in [2.45, 2.75) is 18.4 Å². The summed E-state index contributed by atoms with van der Waals surface area (Å²) < 4.78 is 5.32. The summed E-state index contributed by atoms with van der Waals surface area (Å²) in [6.45, 7) is 1.85. The van der Waals surface area contributed by atoms with Crippen LogP contribution in [0.1, 0.15) is 12.0 Å². The van der Waals surface area contributed by atoms with Crippen LogP contribution < -0.4 is 4.90 Å². The standard InChI is InChI=1S/C11H14Cl2N2O/c1-16-9-2-3-15(7-9)11-4-8(5-12)10(13)6-14-11/h4,6,9H,2-3,5,7H2,1H3. The topological polar surface area (TPSA) is 25.4 Å². The van der Waals surface area contributed by atoms with Gasteiger partial charge in [0.2, 0.25) is 0 Å². The second-order valence-electron chi connectivity index (χ2n) is 3.86. The van der Waals surface area contributed by atoms with E-state index in [0.29, 0.717) is 17.0 Å². The maximum Gasteiger partial charge on any atom is 0.128 e. The van der Waals surface area contributed by atoms with Gasteiger partial charge in [0.1, 0.15) is 5.82 Å². The molecule has 0 aromatic carbocycles. The number of pyridine rings is 1. The Morgan fingerprint density at radius 2 is 2.44 bits per heavy atom. The van der Waals surface area contributed by atoms with Crippen LogP contribution in [0.4, 0.5) is 5.82 Å². The summed E-state index contributed by atoms with van der Waals surface area (Å²) in [7, 11) is 1.74. The summed E-state index contributed by atoms with van der Waals surface area (Å²) in [6, 6.07) is 1.95. The third-order valence-corrected chi connectivity index (χ3v) is 3.49. The first kappa shape index (κ1) is 12.0. The van der Waals surface area contributed by atoms with Gasteiger partial charge in [-0.1, -0.05) is 11.6 Å². The lowest BCUT2D eigenvalue weighted by atomic mass is 10.3. The van der Waals surface area contributed by atoms with E-state index in [2.05, 4.69) is 9.88 Å². The average molecular weight is 261 g/mol. The van der Waals surface area contributed by atoms with E-state index < -0.39 is 0 Å². The molecule has 2 rings (SSSR count). The minimum Gasteiger partial charge on any atom is -0.380 e. The van der Waals surface area contributed by atoms with Crippen LogP contribution in [0.15, 0.2) is 12.3 Å². The summed E-state index contributed by atoms with van der Waals surface area (Å²) in [5, 5.41) is 0.626. The molecule has 0 radical (unpaired) electrons. The molecule has 1 aromatic heterocycles. The molecule has 3 nitrogen and oxygen atoms in total. The van der Waals surface area contributed by atoms with Crippen molar-refractivity contribution in [1.29, 1.82) is 0 Å². The SMILES string of the molecule is COC1CCN(c2cc(CCl)c(Cl)cn2)C1. The van der Waals surface area contributed by atoms with Gasteiger partial charge >= 0.3 is 0 Å². The summed E-state index contributed by atoms with van der Waals surface area (Å²) in [4.78, 5) is 6.51. The molecule has 16 heavy (non-hydrogen) atoms. The second kappa shape index (κ2) is 5.21. The Morgan fingerprint density at radius 1 is 1.62 bits per heavy atom. The van der Waals surface area contributed by atoms with Crippen LogP contribution in [0, 0.1) is 0 Å². The highest BCUT2D eigenvalue weighted by molar-refractivity contribution is 6.32. The van der Waals surface area contributed by atoms with Crippen LogP contribution >= 0.6 is 23.2 Å². The number of rotatable bonds is 3. The Hall–Kier alpha value is -0.510. The molecule has 88 valence electrons. The van der Waals surface area contributed by atoms with Gasteiger partial charge in [-0.25, -0.2) is 4.98 Å². The van der Waals surface area contributed by atoms with Crippen LogP contribution in [0.25, 0.3) is 0 Å². The number of hydrogen-bond acceptors (Lipinski definition) is 3. The molecule has 1 unspecified atom stereocenters. The van der Waals surface area contributed by atoms with Crippen molar-refractivity contribution < 1.29 is 4.74 Å². The molecule has 2 heterocycles. The highest BCUT2D eigenvalue weighted by Crippen LogP contribution is 2.25. The van der Waals surface area contributed by atoms with Crippen molar-refractivity contribution in [2.75, 3.05) is 25.1 Å². The largest absolute Gasteiger partial charge is 0.380 e. The van der Waals surface area contributed by atoms with E-state index in [0.717, 1.165) is 30.9 Å². The predicted octanol–water partition coefficient (Wildman–Crippen LogP) is 2.70. The molecule has 1 saturated heterocycles. The number of aromatic nitrogens is 1. The van der Waals surface area contributed by atoms with E-state index in [1.807, 2.05) is 6.07 Å². The molecule has 1 aromatic rings. The van der Waals surface area contributed by atoms with E-state index in [4.69, 9.17) is 27.9 Å². The molecule has 5 heteroatoms. The lowest BCUT2D eigenvalue weighted by Gasteiger charge is -2.17. The van der Waals surface area contributed by atoms with E-state index >= 15 is 0 Å². The van der Waals surface area contributed by atoms with Gasteiger partial charge in [-0.15, -0.1) is 11.6 Å². The van der Waals surface area contributed by atoms with Crippen molar-refractivity contribution in [3.05, 3.63) is 22.8 Å². The average Bonchev–Trinajstić information content (AvgIpc) is 2.78. The number of nitrogens with zero attached hydrogens (tertiary/aromatic N) is 2. The molecular weight excluding hydrogens is 247 g/mol. The zero-order valence-electron chi connectivity index (χ0n) is 9.12. The van der Waals surface area contributed by atoms with Gasteiger partial charge in [-0.2, -0.15) is 0 Å². The quantitative estimate of drug-likeness (QED) is 0.782. The molecule has 0 amide bonds. The highest BCUT2D eigenvalue weighted by Gasteiger charge is 2.23. The van der Waals surface area contributed by atoms with Crippen molar-refractivity contribution in [2.24, 2.45) is 0 Å². The fraction of sp³-hybridized carbons (Fsp3) is 0.545. The molecule has 0 N–H and O–H groups in total. The van der Waals surface area contributed by atoms with Crippen LogP contribution in [0.3, 0.4) is 0 Å². The lowest BCUT2D eigenvalue weighted by Crippen LogP contribution is -2.23. The van der Waals surface area contributed by atoms with Crippen LogP contribution in [-0.4, -0.2) is 31.3 Å². The maximum absolute atomic E-state index is 5.97. The summed E-state index contributed by atoms with van der Waals surface area (Å²) in [5.41, 5.74) is 0.925. The van der Waals surface area contributed by atoms with Crippen molar-refractivity contribution in [3.8, 4) is 0 Å². The molecule has 1 atom stereocenters. The van der Waals surface area contributed by atoms with Gasteiger partial charge in [-0.3, -0.25) is 0 Å². The molecule has 1 aliphatic heterocycles. The van der Waals surface area contributed by atoms with Gasteiger partial charge in [0.15, 0.2) is 0 Å². The second-order valence-corrected chi connectivity index (χ2v) is 4.53. The maximum atomic E-state index is 5.97. The van der Waals surface area contributed by atoms with Crippen molar-refractivity contribution in [1.82, 2.24) is 4.98 Å². The summed E-state index contributed by atoms with van der Waals surface area (Å²) in [6.07, 6.45) is 3.00. The lowest BCUT2D eigenvalue weighted by molar-refractivity contribution is 0.121. The molecule has 0 bridgehead atoms. The number of ether oxygens (including phenoxy) is 1. The third kappa shape index (κ3) is 2.42. The number of methoxy groups -OCH3 is 1. The molecule has 0 saturated carbocycles. The van der Waals surface area contributed by atoms with Crippen molar-refractivity contribution >= 4 is 29.0 Å². The molecular formula is C11H14Cl2N2O. The predicted molar refractivity (Wildman–Crippen MR) is 66.4 cm³/mol. The van der Waals surface area contributed by atoms with Gasteiger partial charge in [0.05, 0.1) is 11.1 Å².